The molecule has 0 aromatic heterocycles. The van der Waals surface area contributed by atoms with E-state index in [2.05, 4.69) is 72.3 Å². The molecule has 0 radical (unpaired) electrons. The Bertz CT molecular complexity index is 5470. The van der Waals surface area contributed by atoms with Gasteiger partial charge < -0.3 is 158 Å². The molecule has 0 unspecified atom stereocenters. The molecule has 726 valence electrons. The fraction of sp³-hybridized carbons (Fsp3) is 0.452. The zero-order chi connectivity index (χ0) is 96.7. The van der Waals surface area contributed by atoms with Gasteiger partial charge in [0.05, 0.1) is 23.8 Å². The molecule has 8 aliphatic heterocycles. The van der Waals surface area contributed by atoms with E-state index in [9.17, 15) is 70.6 Å². The van der Waals surface area contributed by atoms with Crippen LogP contribution in [0.3, 0.4) is 0 Å². The number of aliphatic hydroxyl groups is 7. The van der Waals surface area contributed by atoms with E-state index < -0.39 is 271 Å². The van der Waals surface area contributed by atoms with Crippen LogP contribution in [-0.4, -0.2) is 243 Å². The SMILES string of the molecule is CN[C@H]1C(=O)N[C@@H]2Cc3ccc(cc3)Oc3cc4cc(c3O[C@@H]3O[C@H](C(=O)OC)[C@@H](O)[C@H](O)[C@H]3NC(=O)CCCCCCCCC(C)C)Oc3ccc(cc3Cl)[C@@H](O)[C@@H]3NC(=O)[C@H](NC(=O)[C@@H]4NC(=O)[C@@H](NC2=O)c2cc(cc(O)c2Cl)Oc2cc1ccc2O)c1ccc(O)c(c1)-c1c(O[C@H]2O[C@H](CO)[C@@H](O)[C@H](O)[C@@H]2O)cc(O)cc1[C@H](C(=O)NCCCNCCCNCCCN)NC3=O. The summed E-state index contributed by atoms with van der Waals surface area (Å²) in [6.45, 7) is 6.02. The predicted octanol–water partition coefficient (Wildman–Crippen LogP) is 3.61. The van der Waals surface area contributed by atoms with Gasteiger partial charge in [-0.2, -0.15) is 0 Å². The third kappa shape index (κ3) is 23.9. The molecule has 8 aliphatic rings. The summed E-state index contributed by atoms with van der Waals surface area (Å²) in [6, 6.07) is 6.02. The van der Waals surface area contributed by atoms with Gasteiger partial charge >= 0.3 is 5.97 Å². The highest BCUT2D eigenvalue weighted by molar-refractivity contribution is 6.33. The summed E-state index contributed by atoms with van der Waals surface area (Å²) in [6.07, 6.45) is -13.8. The first-order valence-electron chi connectivity index (χ1n) is 44.5. The number of rotatable bonds is 29. The lowest BCUT2D eigenvalue weighted by Crippen LogP contribution is -2.66. The van der Waals surface area contributed by atoms with E-state index in [0.29, 0.717) is 50.5 Å². The van der Waals surface area contributed by atoms with Gasteiger partial charge in [0.1, 0.15) is 131 Å². The second kappa shape index (κ2) is 45.6. The van der Waals surface area contributed by atoms with Gasteiger partial charge in [-0.05, 0) is 178 Å². The van der Waals surface area contributed by atoms with Gasteiger partial charge in [-0.3, -0.25) is 38.4 Å². The number of aliphatic hydroxyl groups excluding tert-OH is 7. The number of halogens is 2. The molecule has 0 spiro atoms. The first-order chi connectivity index (χ1) is 64.7. The number of phenolic OH excluding ortho intramolecular Hbond substituents is 4. The van der Waals surface area contributed by atoms with Crippen LogP contribution in [0.1, 0.15) is 160 Å². The van der Waals surface area contributed by atoms with E-state index in [-0.39, 0.29) is 47.8 Å². The third-order valence-electron chi connectivity index (χ3n) is 23.9. The van der Waals surface area contributed by atoms with Crippen LogP contribution < -0.4 is 87.9 Å². The largest absolute Gasteiger partial charge is 0.508 e. The fourth-order valence-corrected chi connectivity index (χ4v) is 17.1. The molecule has 7 aromatic carbocycles. The summed E-state index contributed by atoms with van der Waals surface area (Å²) in [5.41, 5.74) is 3.02. The van der Waals surface area contributed by atoms with E-state index in [1.165, 1.54) is 55.6 Å². The number of likely N-dealkylation sites (N-methyl/N-ethyl adjacent to an activating group) is 1. The van der Waals surface area contributed by atoms with E-state index >= 15 is 28.8 Å². The number of unbranched alkanes of at least 4 members (excludes halogenated alkanes) is 5. The van der Waals surface area contributed by atoms with Crippen LogP contribution in [0.15, 0.2) is 115 Å². The average molecular weight is 1920 g/mol. The zero-order valence-corrected chi connectivity index (χ0v) is 75.6. The van der Waals surface area contributed by atoms with Gasteiger partial charge in [0.25, 0.3) is 0 Å². The molecule has 15 rings (SSSR count). The zero-order valence-electron chi connectivity index (χ0n) is 74.1. The van der Waals surface area contributed by atoms with Crippen LogP contribution in [-0.2, 0) is 63.8 Å². The number of hydrogen-bond donors (Lipinski definition) is 23. The first-order valence-corrected chi connectivity index (χ1v) is 45.3. The highest BCUT2D eigenvalue weighted by Gasteiger charge is 2.52. The molecule has 17 bridgehead atoms. The molecular formula is C93H112Cl2N12O28. The Morgan fingerprint density at radius 3 is 1.87 bits per heavy atom. The van der Waals surface area contributed by atoms with Crippen LogP contribution in [0.25, 0.3) is 11.1 Å². The smallest absolute Gasteiger partial charge is 0.337 e. The van der Waals surface area contributed by atoms with Crippen LogP contribution in [0.2, 0.25) is 10.0 Å². The van der Waals surface area contributed by atoms with Crippen LogP contribution in [0, 0.1) is 5.92 Å². The number of methoxy groups -OCH3 is 1. The van der Waals surface area contributed by atoms with Crippen molar-refractivity contribution in [3.8, 4) is 80.1 Å². The molecule has 2 saturated heterocycles. The Balaban J connectivity index is 1.02. The second-order valence-corrected chi connectivity index (χ2v) is 34.9. The molecule has 8 heterocycles. The lowest BCUT2D eigenvalue weighted by molar-refractivity contribution is -0.277. The van der Waals surface area contributed by atoms with E-state index in [0.717, 1.165) is 125 Å². The van der Waals surface area contributed by atoms with Gasteiger partial charge in [0.15, 0.2) is 29.1 Å². The summed E-state index contributed by atoms with van der Waals surface area (Å²) >= 11 is 14.4. The molecule has 0 saturated carbocycles. The molecule has 40 nitrogen and oxygen atoms in total. The minimum atomic E-state index is -2.44. The third-order valence-corrected chi connectivity index (χ3v) is 24.6. The monoisotopic (exact) mass is 1910 g/mol. The minimum Gasteiger partial charge on any atom is -0.508 e. The van der Waals surface area contributed by atoms with Crippen molar-refractivity contribution in [3.63, 3.8) is 0 Å². The van der Waals surface area contributed by atoms with Gasteiger partial charge in [-0.25, -0.2) is 4.79 Å². The van der Waals surface area contributed by atoms with Gasteiger partial charge in [0.2, 0.25) is 65.6 Å². The standard InChI is InChI=1S/C93H112Cl2N12O28/c1-43(2)14-9-7-5-6-8-10-15-66(113)102-75-78(116)80(118)83(91(127)128-4)135-92(75)134-82-63-36-48-37-64(82)131-60-25-20-47(34-55(60)94)76(114)74-90(126)106-72(85(121)100-31-13-30-99-29-12-28-98-27-11-26-96)53-38-49(109)39-62(132-93-81(119)79(117)77(115)65(42-108)133-93)67(53)52-33-45(18-23-57(52)110)70(87(123)107-74)103-88(124)71(48)104-89(125)73-54-40-51(41-59(112)68(54)95)130-61-35-46(19-24-58(61)111)69(97-3)86(122)101-56(84(120)105-73)32-44-16-21-50(129-63)22-17-44/h16-25,33-41,43,56,65,69-81,83,92-93,97-99,108-112,114-119H,5-15,26-32,42,96H2,1-4H3,(H,100,121)(H,101,122)(H,102,113)(H,103,124)(H,104,125)(H,105,120)(H,106,126)(H,107,123)/t56-,65-,69-,70-,71-,72-,73+,74+,75-,76-,77-,78-,79+,80+,81+,83+,92-,93+/m1/s1. The molecule has 2 fully saturated rings. The lowest BCUT2D eigenvalue weighted by atomic mass is 9.89. The number of aromatic hydroxyl groups is 4. The Morgan fingerprint density at radius 2 is 1.18 bits per heavy atom. The van der Waals surface area contributed by atoms with Crippen molar-refractivity contribution in [2.24, 2.45) is 11.7 Å². The molecule has 42 heteroatoms. The van der Waals surface area contributed by atoms with Crippen molar-refractivity contribution in [3.05, 3.63) is 164 Å². The maximum atomic E-state index is 16.9. The predicted molar refractivity (Wildman–Crippen MR) is 482 cm³/mol. The molecule has 24 N–H and O–H groups in total. The summed E-state index contributed by atoms with van der Waals surface area (Å²) in [5, 5.41) is 158. The van der Waals surface area contributed by atoms with Crippen molar-refractivity contribution >= 4 is 76.4 Å². The van der Waals surface area contributed by atoms with Crippen LogP contribution >= 0.6 is 23.2 Å². The summed E-state index contributed by atoms with van der Waals surface area (Å²) in [4.78, 5) is 140. The van der Waals surface area contributed by atoms with Gasteiger partial charge in [-0.15, -0.1) is 0 Å². The molecule has 135 heavy (non-hydrogen) atoms. The lowest BCUT2D eigenvalue weighted by Gasteiger charge is -2.41. The average Bonchev–Trinajstić information content (AvgIpc) is 0.753. The van der Waals surface area contributed by atoms with E-state index in [1.807, 2.05) is 0 Å². The number of benzene rings is 7. The summed E-state index contributed by atoms with van der Waals surface area (Å²) in [7, 11) is 2.40. The van der Waals surface area contributed by atoms with Crippen LogP contribution in [0.5, 0.6) is 69.0 Å². The number of esters is 1. The summed E-state index contributed by atoms with van der Waals surface area (Å²) < 4.78 is 50.1. The Hall–Kier alpha value is -12.0. The molecule has 18 atom stereocenters. The first kappa shape index (κ1) is 100. The van der Waals surface area contributed by atoms with E-state index in [4.69, 9.17) is 66.8 Å². The van der Waals surface area contributed by atoms with Crippen molar-refractivity contribution < 1.29 is 137 Å². The van der Waals surface area contributed by atoms with E-state index in [1.54, 1.807) is 0 Å². The number of hydrogen-bond acceptors (Lipinski definition) is 32. The molecule has 8 amide bonds. The van der Waals surface area contributed by atoms with Crippen LogP contribution in [0.4, 0.5) is 0 Å². The topological polar surface area (TPSA) is 608 Å². The van der Waals surface area contributed by atoms with Crippen molar-refractivity contribution in [2.45, 2.75) is 201 Å². The molecular weight excluding hydrogens is 1800 g/mol. The normalized spacial score (nSPS) is 25.1. The highest BCUT2D eigenvalue weighted by Crippen LogP contribution is 2.51. The van der Waals surface area contributed by atoms with Crippen molar-refractivity contribution in [2.75, 3.05) is 60.0 Å². The number of nitrogens with two attached hydrogens (primary N) is 1. The molecule has 0 aliphatic carbocycles. The van der Waals surface area contributed by atoms with Gasteiger partial charge in [-0.1, -0.05) is 106 Å². The maximum absolute atomic E-state index is 16.9. The number of phenols is 4. The Labute approximate surface area is 784 Å². The number of nitrogens with one attached hydrogen (secondary N) is 11. The number of ether oxygens (including phenoxy) is 8. The fourth-order valence-electron chi connectivity index (χ4n) is 16.7. The number of carbonyl (C=O) groups is 9. The van der Waals surface area contributed by atoms with Crippen molar-refractivity contribution in [1.82, 2.24) is 58.5 Å². The maximum Gasteiger partial charge on any atom is 0.337 e. The molecule has 7 aromatic rings. The summed E-state index contributed by atoms with van der Waals surface area (Å²) in [5.74, 6) is -16.6. The number of fused-ring (bicyclic) bond motifs is 14. The Morgan fingerprint density at radius 1 is 0.541 bits per heavy atom. The quantitative estimate of drug-likeness (QED) is 0.0235. The minimum absolute atomic E-state index is 0.114. The van der Waals surface area contributed by atoms with Gasteiger partial charge in [0, 0.05) is 48.2 Å². The Kier molecular flexibility index (Phi) is 33.9. The number of carbonyl (C=O) groups excluding carboxylic acids is 9. The second-order valence-electron chi connectivity index (χ2n) is 34.1. The highest BCUT2D eigenvalue weighted by atomic mass is 35.5. The van der Waals surface area contributed by atoms with Crippen molar-refractivity contribution in [1.29, 1.82) is 0 Å². The number of amides is 8.